The van der Waals surface area contributed by atoms with Crippen LogP contribution in [0.25, 0.3) is 0 Å². The molecule has 1 aliphatic heterocycles. The van der Waals surface area contributed by atoms with Crippen LogP contribution in [0.5, 0.6) is 0 Å². The highest BCUT2D eigenvalue weighted by Gasteiger charge is 2.35. The minimum atomic E-state index is 0.224. The van der Waals surface area contributed by atoms with Gasteiger partial charge in [0.05, 0.1) is 12.7 Å². The molecule has 84 valence electrons. The quantitative estimate of drug-likeness (QED) is 0.671. The number of nitrogens with zero attached hydrogens (tertiary/aromatic N) is 1. The Morgan fingerprint density at radius 1 is 1.44 bits per heavy atom. The largest absolute Gasteiger partial charge is 0.373 e. The number of hydrogen-bond donors (Lipinski definition) is 0. The molecule has 1 fully saturated rings. The van der Waals surface area contributed by atoms with Crippen molar-refractivity contribution < 1.29 is 4.74 Å². The van der Waals surface area contributed by atoms with E-state index in [1.165, 1.54) is 24.0 Å². The van der Waals surface area contributed by atoms with E-state index in [1.807, 2.05) is 18.5 Å². The fourth-order valence-electron chi connectivity index (χ4n) is 2.87. The number of ether oxygens (including phenoxy) is 1. The molecule has 3 rings (SSSR count). The molecule has 0 radical (unpaired) electrons. The summed E-state index contributed by atoms with van der Waals surface area (Å²) in [5.74, 6) is 1.30. The Labute approximate surface area is 96.3 Å². The SMILES string of the molecule is CC1=CC[C@@H]2CO[C@@H](c3cccnc3)[C@H]1C2. The maximum absolute atomic E-state index is 6.02. The minimum Gasteiger partial charge on any atom is -0.373 e. The van der Waals surface area contributed by atoms with Gasteiger partial charge in [-0.2, -0.15) is 0 Å². The fraction of sp³-hybridized carbons (Fsp3) is 0.500. The van der Waals surface area contributed by atoms with Crippen LogP contribution >= 0.6 is 0 Å². The molecule has 0 amide bonds. The Hall–Kier alpha value is -1.15. The third-order valence-corrected chi connectivity index (χ3v) is 3.84. The molecule has 2 bridgehead atoms. The zero-order valence-corrected chi connectivity index (χ0v) is 9.60. The predicted molar refractivity (Wildman–Crippen MR) is 62.9 cm³/mol. The third-order valence-electron chi connectivity index (χ3n) is 3.84. The molecule has 2 heteroatoms. The molecule has 2 nitrogen and oxygen atoms in total. The van der Waals surface area contributed by atoms with Gasteiger partial charge in [0.15, 0.2) is 0 Å². The van der Waals surface area contributed by atoms with Gasteiger partial charge in [-0.1, -0.05) is 17.7 Å². The molecule has 0 aromatic carbocycles. The Kier molecular flexibility index (Phi) is 2.52. The average molecular weight is 215 g/mol. The molecule has 3 atom stereocenters. The summed E-state index contributed by atoms with van der Waals surface area (Å²) in [6.07, 6.45) is 8.85. The summed E-state index contributed by atoms with van der Waals surface area (Å²) in [7, 11) is 0. The predicted octanol–water partition coefficient (Wildman–Crippen LogP) is 3.13. The highest BCUT2D eigenvalue weighted by molar-refractivity contribution is 5.21. The van der Waals surface area contributed by atoms with Crippen molar-refractivity contribution in [1.82, 2.24) is 4.98 Å². The van der Waals surface area contributed by atoms with Crippen molar-refractivity contribution in [3.63, 3.8) is 0 Å². The lowest BCUT2D eigenvalue weighted by Crippen LogP contribution is -2.32. The molecular weight excluding hydrogens is 198 g/mol. The number of hydrogen-bond acceptors (Lipinski definition) is 2. The maximum atomic E-state index is 6.02. The summed E-state index contributed by atoms with van der Waals surface area (Å²) in [5, 5.41) is 0. The standard InChI is InChI=1S/C14H17NO/c1-10-4-5-11-7-13(10)14(16-9-11)12-3-2-6-15-8-12/h2-4,6,8,11,13-14H,5,7,9H2,1H3/t11-,13-,14-/m0/s1. The summed E-state index contributed by atoms with van der Waals surface area (Å²) >= 11 is 0. The first-order valence-electron chi connectivity index (χ1n) is 6.03. The Bertz CT molecular complexity index is 398. The molecule has 2 aliphatic rings. The summed E-state index contributed by atoms with van der Waals surface area (Å²) in [6.45, 7) is 3.14. The lowest BCUT2D eigenvalue weighted by atomic mass is 9.75. The van der Waals surface area contributed by atoms with Crippen LogP contribution in [0.1, 0.15) is 31.4 Å². The van der Waals surface area contributed by atoms with Crippen LogP contribution in [0.4, 0.5) is 0 Å². The van der Waals surface area contributed by atoms with E-state index in [0.29, 0.717) is 5.92 Å². The number of rotatable bonds is 1. The first-order chi connectivity index (χ1) is 7.84. The van der Waals surface area contributed by atoms with E-state index in [9.17, 15) is 0 Å². The van der Waals surface area contributed by atoms with Gasteiger partial charge >= 0.3 is 0 Å². The molecule has 2 heterocycles. The van der Waals surface area contributed by atoms with Crippen molar-refractivity contribution >= 4 is 0 Å². The van der Waals surface area contributed by atoms with Gasteiger partial charge < -0.3 is 4.74 Å². The van der Waals surface area contributed by atoms with Crippen molar-refractivity contribution in [1.29, 1.82) is 0 Å². The van der Waals surface area contributed by atoms with Crippen molar-refractivity contribution in [2.45, 2.75) is 25.9 Å². The van der Waals surface area contributed by atoms with Gasteiger partial charge in [0.25, 0.3) is 0 Å². The fourth-order valence-corrected chi connectivity index (χ4v) is 2.87. The van der Waals surface area contributed by atoms with Crippen LogP contribution in [-0.2, 0) is 4.74 Å². The molecule has 16 heavy (non-hydrogen) atoms. The van der Waals surface area contributed by atoms with Gasteiger partial charge in [-0.25, -0.2) is 0 Å². The van der Waals surface area contributed by atoms with Crippen molar-refractivity contribution in [3.8, 4) is 0 Å². The van der Waals surface area contributed by atoms with E-state index in [4.69, 9.17) is 4.74 Å². The molecule has 0 unspecified atom stereocenters. The Balaban J connectivity index is 1.91. The van der Waals surface area contributed by atoms with Crippen molar-refractivity contribution in [2.24, 2.45) is 11.8 Å². The van der Waals surface area contributed by atoms with Crippen LogP contribution in [0.2, 0.25) is 0 Å². The highest BCUT2D eigenvalue weighted by atomic mass is 16.5. The minimum absolute atomic E-state index is 0.224. The van der Waals surface area contributed by atoms with E-state index in [-0.39, 0.29) is 6.10 Å². The molecule has 1 saturated heterocycles. The number of fused-ring (bicyclic) bond motifs is 2. The first kappa shape index (κ1) is 10.0. The summed E-state index contributed by atoms with van der Waals surface area (Å²) in [6, 6.07) is 4.12. The number of allylic oxidation sites excluding steroid dienone is 1. The molecule has 0 N–H and O–H groups in total. The van der Waals surface area contributed by atoms with Gasteiger partial charge in [-0.15, -0.1) is 0 Å². The van der Waals surface area contributed by atoms with Crippen molar-refractivity contribution in [3.05, 3.63) is 41.7 Å². The van der Waals surface area contributed by atoms with E-state index in [1.54, 1.807) is 0 Å². The molecule has 0 saturated carbocycles. The molecule has 1 aliphatic carbocycles. The number of aromatic nitrogens is 1. The topological polar surface area (TPSA) is 22.1 Å². The Morgan fingerprint density at radius 2 is 2.38 bits per heavy atom. The second kappa shape index (κ2) is 4.02. The van der Waals surface area contributed by atoms with Gasteiger partial charge in [0.1, 0.15) is 0 Å². The summed E-state index contributed by atoms with van der Waals surface area (Å²) in [4.78, 5) is 4.19. The lowest BCUT2D eigenvalue weighted by Gasteiger charge is -2.39. The van der Waals surface area contributed by atoms with E-state index in [2.05, 4.69) is 24.1 Å². The van der Waals surface area contributed by atoms with Gasteiger partial charge in [0, 0.05) is 18.3 Å². The van der Waals surface area contributed by atoms with Crippen LogP contribution in [-0.4, -0.2) is 11.6 Å². The van der Waals surface area contributed by atoms with Crippen LogP contribution in [0.3, 0.4) is 0 Å². The zero-order chi connectivity index (χ0) is 11.0. The van der Waals surface area contributed by atoms with Crippen molar-refractivity contribution in [2.75, 3.05) is 6.61 Å². The van der Waals surface area contributed by atoms with E-state index >= 15 is 0 Å². The average Bonchev–Trinajstić information content (AvgIpc) is 2.36. The maximum Gasteiger partial charge on any atom is 0.0905 e. The highest BCUT2D eigenvalue weighted by Crippen LogP contribution is 2.43. The van der Waals surface area contributed by atoms with Crippen LogP contribution in [0, 0.1) is 11.8 Å². The van der Waals surface area contributed by atoms with Gasteiger partial charge in [0.2, 0.25) is 0 Å². The smallest absolute Gasteiger partial charge is 0.0905 e. The van der Waals surface area contributed by atoms with Gasteiger partial charge in [-0.3, -0.25) is 4.98 Å². The zero-order valence-electron chi connectivity index (χ0n) is 9.60. The lowest BCUT2D eigenvalue weighted by molar-refractivity contribution is -0.0514. The van der Waals surface area contributed by atoms with Gasteiger partial charge in [-0.05, 0) is 37.3 Å². The normalized spacial score (nSPS) is 33.3. The molecule has 1 aromatic heterocycles. The second-order valence-electron chi connectivity index (χ2n) is 4.93. The first-order valence-corrected chi connectivity index (χ1v) is 6.03. The second-order valence-corrected chi connectivity index (χ2v) is 4.93. The summed E-state index contributed by atoms with van der Waals surface area (Å²) in [5.41, 5.74) is 2.71. The molecule has 0 spiro atoms. The molecule has 1 aromatic rings. The molecular formula is C14H17NO. The van der Waals surface area contributed by atoms with Crippen LogP contribution < -0.4 is 0 Å². The van der Waals surface area contributed by atoms with E-state index < -0.39 is 0 Å². The summed E-state index contributed by atoms with van der Waals surface area (Å²) < 4.78 is 6.02. The number of pyridine rings is 1. The van der Waals surface area contributed by atoms with E-state index in [0.717, 1.165) is 12.5 Å². The third kappa shape index (κ3) is 1.67. The van der Waals surface area contributed by atoms with Crippen LogP contribution in [0.15, 0.2) is 36.2 Å². The Morgan fingerprint density at radius 3 is 3.19 bits per heavy atom. The monoisotopic (exact) mass is 215 g/mol.